The van der Waals surface area contributed by atoms with E-state index in [0.29, 0.717) is 12.6 Å². The Hall–Kier alpha value is -0.570. The maximum atomic E-state index is 11.7. The van der Waals surface area contributed by atoms with Crippen molar-refractivity contribution in [2.75, 3.05) is 6.54 Å². The summed E-state index contributed by atoms with van der Waals surface area (Å²) in [5.41, 5.74) is 5.49. The summed E-state index contributed by atoms with van der Waals surface area (Å²) in [7, 11) is 0. The van der Waals surface area contributed by atoms with Crippen molar-refractivity contribution in [3.05, 3.63) is 0 Å². The summed E-state index contributed by atoms with van der Waals surface area (Å²) < 4.78 is 0. The fraction of sp³-hybridized carbons (Fsp3) is 0.923. The molecule has 3 atom stereocenters. The van der Waals surface area contributed by atoms with Crippen LogP contribution in [-0.4, -0.2) is 18.5 Å². The third-order valence-corrected chi connectivity index (χ3v) is 3.81. The number of nitrogens with one attached hydrogen (secondary N) is 1. The van der Waals surface area contributed by atoms with E-state index < -0.39 is 0 Å². The van der Waals surface area contributed by atoms with Gasteiger partial charge < -0.3 is 11.1 Å². The van der Waals surface area contributed by atoms with Crippen molar-refractivity contribution in [3.8, 4) is 0 Å². The number of rotatable bonds is 4. The van der Waals surface area contributed by atoms with E-state index in [4.69, 9.17) is 5.73 Å². The number of carbonyl (C=O) groups excluding carboxylic acids is 1. The minimum Gasteiger partial charge on any atom is -0.353 e. The molecule has 0 bridgehead atoms. The summed E-state index contributed by atoms with van der Waals surface area (Å²) >= 11 is 0. The van der Waals surface area contributed by atoms with E-state index in [-0.39, 0.29) is 11.8 Å². The first-order valence-electron chi connectivity index (χ1n) is 6.55. The zero-order valence-electron chi connectivity index (χ0n) is 10.8. The van der Waals surface area contributed by atoms with Crippen molar-refractivity contribution in [3.63, 3.8) is 0 Å². The molecule has 1 saturated carbocycles. The minimum absolute atomic E-state index is 0.0561. The highest BCUT2D eigenvalue weighted by atomic mass is 16.1. The highest BCUT2D eigenvalue weighted by Gasteiger charge is 2.25. The molecule has 1 fully saturated rings. The van der Waals surface area contributed by atoms with Gasteiger partial charge in [-0.15, -0.1) is 0 Å². The fourth-order valence-electron chi connectivity index (χ4n) is 2.41. The lowest BCUT2D eigenvalue weighted by atomic mass is 9.79. The van der Waals surface area contributed by atoms with Crippen molar-refractivity contribution in [1.82, 2.24) is 5.32 Å². The first kappa shape index (κ1) is 13.5. The average Bonchev–Trinajstić information content (AvgIpc) is 2.28. The molecular weight excluding hydrogens is 200 g/mol. The molecule has 3 N–H and O–H groups in total. The molecule has 0 heterocycles. The Morgan fingerprint density at radius 1 is 1.38 bits per heavy atom. The molecule has 16 heavy (non-hydrogen) atoms. The van der Waals surface area contributed by atoms with Gasteiger partial charge in [0.1, 0.15) is 0 Å². The first-order chi connectivity index (χ1) is 7.54. The van der Waals surface area contributed by atoms with Crippen molar-refractivity contribution in [2.45, 2.75) is 52.5 Å². The molecule has 3 unspecified atom stereocenters. The number of carbonyl (C=O) groups is 1. The highest BCUT2D eigenvalue weighted by Crippen LogP contribution is 2.29. The molecule has 3 nitrogen and oxygen atoms in total. The van der Waals surface area contributed by atoms with Crippen LogP contribution in [0.5, 0.6) is 0 Å². The predicted molar refractivity (Wildman–Crippen MR) is 66.9 cm³/mol. The van der Waals surface area contributed by atoms with E-state index in [0.717, 1.165) is 24.7 Å². The fourth-order valence-corrected chi connectivity index (χ4v) is 2.41. The Morgan fingerprint density at radius 3 is 2.62 bits per heavy atom. The van der Waals surface area contributed by atoms with Crippen LogP contribution in [0.1, 0.15) is 46.5 Å². The lowest BCUT2D eigenvalue weighted by Gasteiger charge is -2.32. The van der Waals surface area contributed by atoms with Crippen LogP contribution in [0.15, 0.2) is 0 Å². The quantitative estimate of drug-likeness (QED) is 0.769. The summed E-state index contributed by atoms with van der Waals surface area (Å²) in [6.45, 7) is 6.87. The largest absolute Gasteiger partial charge is 0.353 e. The smallest absolute Gasteiger partial charge is 0.224 e. The second kappa shape index (κ2) is 6.24. The normalized spacial score (nSPS) is 27.8. The van der Waals surface area contributed by atoms with Gasteiger partial charge in [-0.1, -0.05) is 33.6 Å². The third kappa shape index (κ3) is 3.78. The monoisotopic (exact) mass is 226 g/mol. The van der Waals surface area contributed by atoms with Crippen LogP contribution >= 0.6 is 0 Å². The third-order valence-electron chi connectivity index (χ3n) is 3.81. The molecule has 0 aromatic rings. The Bertz CT molecular complexity index is 228. The van der Waals surface area contributed by atoms with Crippen LogP contribution in [0.25, 0.3) is 0 Å². The van der Waals surface area contributed by atoms with Crippen LogP contribution in [0.2, 0.25) is 0 Å². The molecule has 0 spiro atoms. The maximum Gasteiger partial charge on any atom is 0.224 e. The molecule has 1 rings (SSSR count). The summed E-state index contributed by atoms with van der Waals surface area (Å²) in [4.78, 5) is 11.7. The van der Waals surface area contributed by atoms with Crippen molar-refractivity contribution < 1.29 is 4.79 Å². The zero-order chi connectivity index (χ0) is 12.1. The molecule has 3 heteroatoms. The molecule has 0 aromatic carbocycles. The standard InChI is InChI=1S/C13H26N2O/c1-9(2)11-5-4-6-12(7-11)15-13(16)10(3)8-14/h9-12H,4-8,14H2,1-3H3,(H,15,16). The number of hydrogen-bond acceptors (Lipinski definition) is 2. The molecule has 1 aliphatic carbocycles. The second-order valence-electron chi connectivity index (χ2n) is 5.51. The topological polar surface area (TPSA) is 55.1 Å². The highest BCUT2D eigenvalue weighted by molar-refractivity contribution is 5.78. The summed E-state index contributed by atoms with van der Waals surface area (Å²) in [6, 6.07) is 0.377. The van der Waals surface area contributed by atoms with Gasteiger partial charge in [0.05, 0.1) is 0 Å². The van der Waals surface area contributed by atoms with Gasteiger partial charge in [-0.25, -0.2) is 0 Å². The molecule has 0 aliphatic heterocycles. The molecule has 1 amide bonds. The van der Waals surface area contributed by atoms with E-state index in [9.17, 15) is 4.79 Å². The van der Waals surface area contributed by atoms with Gasteiger partial charge in [-0.2, -0.15) is 0 Å². The van der Waals surface area contributed by atoms with E-state index >= 15 is 0 Å². The van der Waals surface area contributed by atoms with E-state index in [1.54, 1.807) is 0 Å². The first-order valence-corrected chi connectivity index (χ1v) is 6.55. The number of hydrogen-bond donors (Lipinski definition) is 2. The van der Waals surface area contributed by atoms with Crippen molar-refractivity contribution in [1.29, 1.82) is 0 Å². The van der Waals surface area contributed by atoms with Gasteiger partial charge in [0.15, 0.2) is 0 Å². The number of nitrogens with two attached hydrogens (primary N) is 1. The summed E-state index contributed by atoms with van der Waals surface area (Å²) in [5, 5.41) is 3.14. The van der Waals surface area contributed by atoms with E-state index in [1.165, 1.54) is 12.8 Å². The van der Waals surface area contributed by atoms with Crippen LogP contribution in [-0.2, 0) is 4.79 Å². The summed E-state index contributed by atoms with van der Waals surface area (Å²) in [5.74, 6) is 1.56. The zero-order valence-corrected chi connectivity index (χ0v) is 10.8. The van der Waals surface area contributed by atoms with Gasteiger partial charge in [0, 0.05) is 18.5 Å². The van der Waals surface area contributed by atoms with Gasteiger partial charge in [0.25, 0.3) is 0 Å². The van der Waals surface area contributed by atoms with Crippen molar-refractivity contribution in [2.24, 2.45) is 23.5 Å². The number of amides is 1. The molecule has 1 aliphatic rings. The second-order valence-corrected chi connectivity index (χ2v) is 5.51. The molecule has 94 valence electrons. The minimum atomic E-state index is -0.0561. The lowest BCUT2D eigenvalue weighted by molar-refractivity contribution is -0.125. The Balaban J connectivity index is 2.40. The van der Waals surface area contributed by atoms with Crippen molar-refractivity contribution >= 4 is 5.91 Å². The molecule has 0 saturated heterocycles. The van der Waals surface area contributed by atoms with Crippen LogP contribution in [0.3, 0.4) is 0 Å². The molecular formula is C13H26N2O. The van der Waals surface area contributed by atoms with Crippen LogP contribution < -0.4 is 11.1 Å². The molecule has 0 aromatic heterocycles. The SMILES string of the molecule is CC(CN)C(=O)NC1CCCC(C(C)C)C1. The van der Waals surface area contributed by atoms with Gasteiger partial charge in [0.2, 0.25) is 5.91 Å². The average molecular weight is 226 g/mol. The molecule has 0 radical (unpaired) electrons. The van der Waals surface area contributed by atoms with Crippen LogP contribution in [0.4, 0.5) is 0 Å². The summed E-state index contributed by atoms with van der Waals surface area (Å²) in [6.07, 6.45) is 4.83. The van der Waals surface area contributed by atoms with E-state index in [2.05, 4.69) is 19.2 Å². The van der Waals surface area contributed by atoms with E-state index in [1.807, 2.05) is 6.92 Å². The van der Waals surface area contributed by atoms with Gasteiger partial charge in [-0.3, -0.25) is 4.79 Å². The van der Waals surface area contributed by atoms with Crippen LogP contribution in [0, 0.1) is 17.8 Å². The Labute approximate surface area is 99.2 Å². The Kier molecular flexibility index (Phi) is 5.26. The lowest BCUT2D eigenvalue weighted by Crippen LogP contribution is -2.43. The predicted octanol–water partition coefficient (Wildman–Crippen LogP) is 1.91. The van der Waals surface area contributed by atoms with Gasteiger partial charge in [-0.05, 0) is 24.7 Å². The Morgan fingerprint density at radius 2 is 2.06 bits per heavy atom. The van der Waals surface area contributed by atoms with Gasteiger partial charge >= 0.3 is 0 Å². The maximum absolute atomic E-state index is 11.7.